The van der Waals surface area contributed by atoms with Gasteiger partial charge in [0.2, 0.25) is 0 Å². The van der Waals surface area contributed by atoms with Crippen LogP contribution in [0.3, 0.4) is 0 Å². The van der Waals surface area contributed by atoms with Crippen LogP contribution >= 0.6 is 11.3 Å². The van der Waals surface area contributed by atoms with Crippen LogP contribution in [0.5, 0.6) is 0 Å². The van der Waals surface area contributed by atoms with Crippen LogP contribution in [0.1, 0.15) is 10.4 Å². The van der Waals surface area contributed by atoms with Gasteiger partial charge in [-0.25, -0.2) is 0 Å². The second-order valence-electron chi connectivity index (χ2n) is 2.44. The first-order valence-electron chi connectivity index (χ1n) is 3.55. The van der Waals surface area contributed by atoms with Crippen molar-refractivity contribution >= 4 is 11.3 Å². The van der Waals surface area contributed by atoms with E-state index < -0.39 is 0 Å². The molecule has 2 heteroatoms. The Morgan fingerprint density at radius 2 is 2.20 bits per heavy atom. The van der Waals surface area contributed by atoms with Crippen molar-refractivity contribution in [1.82, 2.24) is 0 Å². The molecule has 0 aliphatic carbocycles. The Morgan fingerprint density at radius 1 is 1.30 bits per heavy atom. The number of alkyl halides is 2. The fourth-order valence-electron chi connectivity index (χ4n) is 1.22. The molecule has 0 radical (unpaired) electrons. The van der Waals surface area contributed by atoms with E-state index in [4.69, 9.17) is 0 Å². The predicted octanol–water partition coefficient (Wildman–Crippen LogP) is -1.06. The third-order valence-corrected chi connectivity index (χ3v) is 5.42. The summed E-state index contributed by atoms with van der Waals surface area (Å²) in [4.78, 5) is 1.68. The summed E-state index contributed by atoms with van der Waals surface area (Å²) in [7, 11) is 0. The van der Waals surface area contributed by atoms with Gasteiger partial charge in [-0.05, 0) is 0 Å². The third-order valence-electron chi connectivity index (χ3n) is 1.79. The average Bonchev–Trinajstić information content (AvgIpc) is 2.28. The summed E-state index contributed by atoms with van der Waals surface area (Å²) in [6.45, 7) is 0. The van der Waals surface area contributed by atoms with Gasteiger partial charge in [0.25, 0.3) is 0 Å². The van der Waals surface area contributed by atoms with Crippen molar-refractivity contribution in [2.75, 3.05) is 8.86 Å². The van der Waals surface area contributed by atoms with Gasteiger partial charge in [0.1, 0.15) is 0 Å². The molecule has 0 spiro atoms. The molecule has 56 valence electrons. The van der Waals surface area contributed by atoms with Crippen molar-refractivity contribution in [2.45, 2.75) is 12.8 Å². The molecular weight excluding hydrogens is 255 g/mol. The Labute approximate surface area is 75.9 Å². The topological polar surface area (TPSA) is 0 Å². The van der Waals surface area contributed by atoms with Crippen LogP contribution < -0.4 is 21.2 Å². The molecule has 1 aromatic heterocycles. The van der Waals surface area contributed by atoms with Crippen LogP contribution in [-0.2, 0) is 12.8 Å². The fourth-order valence-corrected chi connectivity index (χ4v) is 4.95. The Hall–Kier alpha value is 0.430. The molecule has 0 N–H and O–H groups in total. The Bertz CT molecular complexity index is 196. The van der Waals surface area contributed by atoms with E-state index in [1.54, 1.807) is 10.4 Å². The van der Waals surface area contributed by atoms with Crippen LogP contribution in [-0.4, -0.2) is 8.86 Å². The molecule has 0 fully saturated rings. The molecule has 1 aliphatic rings. The average molecular weight is 265 g/mol. The quantitative estimate of drug-likeness (QED) is 0.414. The zero-order chi connectivity index (χ0) is 6.81. The van der Waals surface area contributed by atoms with Crippen LogP contribution in [0.15, 0.2) is 11.4 Å². The SMILES string of the molecule is c1cc2c(s1)CC[I-]CC2. The van der Waals surface area contributed by atoms with Gasteiger partial charge in [-0.3, -0.25) is 0 Å². The number of halogens is 1. The molecule has 0 nitrogen and oxygen atoms in total. The van der Waals surface area contributed by atoms with Gasteiger partial charge >= 0.3 is 76.1 Å². The molecule has 0 unspecified atom stereocenters. The van der Waals surface area contributed by atoms with Crippen LogP contribution in [0, 0.1) is 0 Å². The number of rotatable bonds is 0. The van der Waals surface area contributed by atoms with Crippen molar-refractivity contribution in [1.29, 1.82) is 0 Å². The van der Waals surface area contributed by atoms with Crippen molar-refractivity contribution in [3.63, 3.8) is 0 Å². The molecule has 10 heavy (non-hydrogen) atoms. The standard InChI is InChI=1S/C8H10IS/c1-4-9-5-2-8-7(1)3-6-10-8/h3,6H,1-2,4-5H2/q-1. The number of hydrogen-bond acceptors (Lipinski definition) is 1. The Kier molecular flexibility index (Phi) is 2.28. The maximum absolute atomic E-state index is 2.31. The molecule has 0 saturated carbocycles. The Balaban J connectivity index is 2.28. The molecular formula is C8H10IS-. The van der Waals surface area contributed by atoms with Gasteiger partial charge < -0.3 is 0 Å². The molecule has 1 aromatic rings. The number of fused-ring (bicyclic) bond motifs is 1. The third kappa shape index (κ3) is 1.37. The summed E-state index contributed by atoms with van der Waals surface area (Å²) in [5.41, 5.74) is 1.65. The van der Waals surface area contributed by atoms with Crippen LogP contribution in [0.4, 0.5) is 0 Å². The van der Waals surface area contributed by atoms with Gasteiger partial charge in [-0.2, -0.15) is 0 Å². The maximum atomic E-state index is 2.31. The fraction of sp³-hybridized carbons (Fsp3) is 0.500. The second-order valence-corrected chi connectivity index (χ2v) is 6.67. The zero-order valence-corrected chi connectivity index (χ0v) is 8.74. The normalized spacial score (nSPS) is 18.8. The summed E-state index contributed by atoms with van der Waals surface area (Å²) in [5.74, 6) is 0. The van der Waals surface area contributed by atoms with Crippen molar-refractivity contribution in [3.05, 3.63) is 21.9 Å². The van der Waals surface area contributed by atoms with E-state index in [9.17, 15) is 0 Å². The summed E-state index contributed by atoms with van der Waals surface area (Å²) in [5, 5.41) is 2.24. The van der Waals surface area contributed by atoms with E-state index >= 15 is 0 Å². The monoisotopic (exact) mass is 265 g/mol. The van der Waals surface area contributed by atoms with Gasteiger partial charge in [-0.15, -0.1) is 0 Å². The number of aryl methyl sites for hydroxylation is 2. The molecule has 0 bridgehead atoms. The molecule has 2 rings (SSSR count). The Morgan fingerprint density at radius 3 is 3.20 bits per heavy atom. The molecule has 2 heterocycles. The first-order chi connectivity index (χ1) is 4.97. The van der Waals surface area contributed by atoms with Crippen molar-refractivity contribution in [2.24, 2.45) is 0 Å². The summed E-state index contributed by atoms with van der Waals surface area (Å²) in [6, 6.07) is 2.31. The van der Waals surface area contributed by atoms with Crippen molar-refractivity contribution < 1.29 is 21.2 Å². The van der Waals surface area contributed by atoms with E-state index in [0.717, 1.165) is 0 Å². The van der Waals surface area contributed by atoms with Gasteiger partial charge in [0.15, 0.2) is 0 Å². The van der Waals surface area contributed by atoms with Gasteiger partial charge in [0.05, 0.1) is 0 Å². The zero-order valence-electron chi connectivity index (χ0n) is 5.77. The van der Waals surface area contributed by atoms with Gasteiger partial charge in [-0.1, -0.05) is 0 Å². The molecule has 0 amide bonds. The van der Waals surface area contributed by atoms with E-state index in [-0.39, 0.29) is 0 Å². The van der Waals surface area contributed by atoms with Gasteiger partial charge in [0, 0.05) is 0 Å². The van der Waals surface area contributed by atoms with Crippen LogP contribution in [0.25, 0.3) is 0 Å². The first kappa shape index (κ1) is 7.10. The number of thiophene rings is 1. The predicted molar refractivity (Wildman–Crippen MR) is 41.5 cm³/mol. The van der Waals surface area contributed by atoms with Crippen molar-refractivity contribution in [3.8, 4) is 0 Å². The van der Waals surface area contributed by atoms with E-state index in [1.807, 2.05) is 11.3 Å². The summed E-state index contributed by atoms with van der Waals surface area (Å²) < 4.78 is 3.04. The first-order valence-corrected chi connectivity index (χ1v) is 7.48. The minimum atomic E-state index is 0.572. The molecule has 1 aliphatic heterocycles. The molecule has 0 aromatic carbocycles. The second kappa shape index (κ2) is 3.22. The molecule has 0 saturated heterocycles. The molecule has 0 atom stereocenters. The van der Waals surface area contributed by atoms with E-state index in [1.165, 1.54) is 21.7 Å². The minimum absolute atomic E-state index is 0.572. The van der Waals surface area contributed by atoms with Crippen LogP contribution in [0.2, 0.25) is 0 Å². The summed E-state index contributed by atoms with van der Waals surface area (Å²) in [6.07, 6.45) is 2.77. The van der Waals surface area contributed by atoms with E-state index in [0.29, 0.717) is 21.2 Å². The number of hydrogen-bond donors (Lipinski definition) is 0. The van der Waals surface area contributed by atoms with E-state index in [2.05, 4.69) is 11.4 Å². The summed E-state index contributed by atoms with van der Waals surface area (Å²) >= 11 is 2.53.